The Morgan fingerprint density at radius 2 is 0.875 bits per heavy atom. The SMILES string of the molecule is CC1(C)c2ccc(-c3ccc(-c4c5ccccc5c(-c5ccccc5)c5ccccc45)c4ccccc34)cc2-c2cc3cc4c(cc3cc21)sc1ccccc14. The zero-order chi connectivity index (χ0) is 37.1. The molecular formula is C55H36S. The molecule has 0 saturated carbocycles. The van der Waals surface area contributed by atoms with Gasteiger partial charge in [-0.1, -0.05) is 159 Å². The van der Waals surface area contributed by atoms with Gasteiger partial charge in [-0.2, -0.15) is 0 Å². The van der Waals surface area contributed by atoms with E-state index in [0.717, 1.165) is 0 Å². The number of rotatable bonds is 3. The van der Waals surface area contributed by atoms with E-state index in [-0.39, 0.29) is 5.41 Å². The van der Waals surface area contributed by atoms with E-state index in [1.165, 1.54) is 119 Å². The van der Waals surface area contributed by atoms with Crippen molar-refractivity contribution < 1.29 is 0 Å². The summed E-state index contributed by atoms with van der Waals surface area (Å²) in [6, 6.07) is 68.3. The topological polar surface area (TPSA) is 0 Å². The van der Waals surface area contributed by atoms with Crippen LogP contribution in [0.4, 0.5) is 0 Å². The van der Waals surface area contributed by atoms with Gasteiger partial charge in [0.15, 0.2) is 0 Å². The predicted molar refractivity (Wildman–Crippen MR) is 243 cm³/mol. The minimum absolute atomic E-state index is 0.0908. The van der Waals surface area contributed by atoms with Crippen molar-refractivity contribution in [2.45, 2.75) is 19.3 Å². The maximum absolute atomic E-state index is 2.47. The molecule has 1 heterocycles. The van der Waals surface area contributed by atoms with Gasteiger partial charge in [-0.05, 0) is 135 Å². The number of fused-ring (bicyclic) bond motifs is 10. The lowest BCUT2D eigenvalue weighted by molar-refractivity contribution is 0.661. The monoisotopic (exact) mass is 728 g/mol. The number of benzene rings is 10. The van der Waals surface area contributed by atoms with Crippen molar-refractivity contribution in [2.75, 3.05) is 0 Å². The first-order chi connectivity index (χ1) is 27.5. The molecule has 0 nitrogen and oxygen atoms in total. The predicted octanol–water partition coefficient (Wildman–Crippen LogP) is 16.0. The van der Waals surface area contributed by atoms with Gasteiger partial charge in [0.05, 0.1) is 0 Å². The summed E-state index contributed by atoms with van der Waals surface area (Å²) in [5.74, 6) is 0. The third-order valence-corrected chi connectivity index (χ3v) is 13.8. The zero-order valence-corrected chi connectivity index (χ0v) is 32.0. The largest absolute Gasteiger partial charge is 0.135 e. The summed E-state index contributed by atoms with van der Waals surface area (Å²) in [6.07, 6.45) is 0. The third-order valence-electron chi connectivity index (χ3n) is 12.6. The van der Waals surface area contributed by atoms with Crippen LogP contribution in [0.15, 0.2) is 182 Å². The Bertz CT molecular complexity index is 3380. The molecule has 1 aliphatic carbocycles. The maximum Gasteiger partial charge on any atom is 0.0361 e. The molecule has 0 amide bonds. The van der Waals surface area contributed by atoms with Crippen LogP contribution in [0.3, 0.4) is 0 Å². The molecule has 0 bridgehead atoms. The minimum Gasteiger partial charge on any atom is -0.135 e. The van der Waals surface area contributed by atoms with Crippen molar-refractivity contribution in [1.29, 1.82) is 0 Å². The van der Waals surface area contributed by atoms with Gasteiger partial charge in [0.1, 0.15) is 0 Å². The second kappa shape index (κ2) is 11.7. The number of hydrogen-bond donors (Lipinski definition) is 0. The van der Waals surface area contributed by atoms with Crippen LogP contribution in [0.2, 0.25) is 0 Å². The molecule has 12 rings (SSSR count). The number of hydrogen-bond acceptors (Lipinski definition) is 1. The van der Waals surface area contributed by atoms with Gasteiger partial charge in [-0.25, -0.2) is 0 Å². The lowest BCUT2D eigenvalue weighted by Gasteiger charge is -2.22. The molecule has 0 aliphatic heterocycles. The Hall–Kier alpha value is -6.54. The van der Waals surface area contributed by atoms with Crippen LogP contribution in [0.1, 0.15) is 25.0 Å². The fourth-order valence-corrected chi connectivity index (χ4v) is 11.1. The van der Waals surface area contributed by atoms with Crippen LogP contribution in [-0.4, -0.2) is 0 Å². The summed E-state index contributed by atoms with van der Waals surface area (Å²) in [6.45, 7) is 4.78. The molecule has 1 heteroatoms. The summed E-state index contributed by atoms with van der Waals surface area (Å²) in [5, 5.41) is 13.0. The summed E-state index contributed by atoms with van der Waals surface area (Å²) >= 11 is 1.90. The van der Waals surface area contributed by atoms with Gasteiger partial charge < -0.3 is 0 Å². The first kappa shape index (κ1) is 31.8. The molecule has 0 N–H and O–H groups in total. The van der Waals surface area contributed by atoms with E-state index in [0.29, 0.717) is 0 Å². The average molecular weight is 729 g/mol. The van der Waals surface area contributed by atoms with Crippen LogP contribution < -0.4 is 0 Å². The van der Waals surface area contributed by atoms with Crippen LogP contribution in [-0.2, 0) is 5.41 Å². The molecule has 0 radical (unpaired) electrons. The third kappa shape index (κ3) is 4.47. The van der Waals surface area contributed by atoms with Gasteiger partial charge in [0.25, 0.3) is 0 Å². The Labute approximate surface area is 329 Å². The molecule has 0 atom stereocenters. The summed E-state index contributed by atoms with van der Waals surface area (Å²) < 4.78 is 2.71. The standard InChI is InChI=1S/C55H36S/c1-55(2)49-27-24-34(28-46(49)47-29-35-30-48-40-18-12-13-23-51(40)56-52(48)32-36(35)31-50(47)55)37-25-26-45(39-17-7-6-16-38(37)39)54-43-21-10-8-19-41(43)53(33-14-4-3-5-15-33)42-20-9-11-22-44(42)54/h3-32H,1-2H3. The molecule has 0 spiro atoms. The first-order valence-corrected chi connectivity index (χ1v) is 20.4. The molecule has 10 aromatic carbocycles. The zero-order valence-electron chi connectivity index (χ0n) is 31.2. The van der Waals surface area contributed by atoms with E-state index < -0.39 is 0 Å². The Morgan fingerprint density at radius 3 is 1.59 bits per heavy atom. The van der Waals surface area contributed by atoms with Crippen LogP contribution >= 0.6 is 11.3 Å². The summed E-state index contributed by atoms with van der Waals surface area (Å²) in [7, 11) is 0. The van der Waals surface area contributed by atoms with Crippen molar-refractivity contribution in [1.82, 2.24) is 0 Å². The molecule has 0 unspecified atom stereocenters. The Morgan fingerprint density at radius 1 is 0.321 bits per heavy atom. The van der Waals surface area contributed by atoms with Crippen molar-refractivity contribution in [3.8, 4) is 44.5 Å². The molecule has 1 aliphatic rings. The van der Waals surface area contributed by atoms with E-state index in [2.05, 4.69) is 196 Å². The molecule has 0 fully saturated rings. The molecule has 0 saturated heterocycles. The van der Waals surface area contributed by atoms with E-state index in [9.17, 15) is 0 Å². The Kier molecular flexibility index (Phi) is 6.66. The van der Waals surface area contributed by atoms with Crippen LogP contribution in [0, 0.1) is 0 Å². The summed E-state index contributed by atoms with van der Waals surface area (Å²) in [4.78, 5) is 0. The van der Waals surface area contributed by atoms with Crippen molar-refractivity contribution in [2.24, 2.45) is 0 Å². The molecule has 1 aromatic heterocycles. The highest BCUT2D eigenvalue weighted by Gasteiger charge is 2.36. The second-order valence-electron chi connectivity index (χ2n) is 16.0. The second-order valence-corrected chi connectivity index (χ2v) is 17.1. The maximum atomic E-state index is 2.47. The van der Waals surface area contributed by atoms with Crippen molar-refractivity contribution in [3.63, 3.8) is 0 Å². The van der Waals surface area contributed by atoms with E-state index in [4.69, 9.17) is 0 Å². The number of thiophene rings is 1. The molecule has 56 heavy (non-hydrogen) atoms. The van der Waals surface area contributed by atoms with E-state index in [1.54, 1.807) is 0 Å². The smallest absolute Gasteiger partial charge is 0.0361 e. The van der Waals surface area contributed by atoms with E-state index >= 15 is 0 Å². The molecule has 11 aromatic rings. The summed E-state index contributed by atoms with van der Waals surface area (Å²) in [5.41, 5.74) is 13.0. The minimum atomic E-state index is -0.0908. The van der Waals surface area contributed by atoms with Gasteiger partial charge >= 0.3 is 0 Å². The lowest BCUT2D eigenvalue weighted by Crippen LogP contribution is -2.14. The average Bonchev–Trinajstić information content (AvgIpc) is 3.71. The van der Waals surface area contributed by atoms with Crippen LogP contribution in [0.5, 0.6) is 0 Å². The molecule has 262 valence electrons. The highest BCUT2D eigenvalue weighted by atomic mass is 32.1. The molecular weight excluding hydrogens is 693 g/mol. The van der Waals surface area contributed by atoms with Gasteiger partial charge in [-0.3, -0.25) is 0 Å². The highest BCUT2D eigenvalue weighted by Crippen LogP contribution is 2.52. The van der Waals surface area contributed by atoms with E-state index in [1.807, 2.05) is 11.3 Å². The quantitative estimate of drug-likeness (QED) is 0.159. The van der Waals surface area contributed by atoms with Crippen molar-refractivity contribution in [3.05, 3.63) is 193 Å². The normalized spacial score (nSPS) is 13.3. The Balaban J connectivity index is 1.06. The fraction of sp³-hybridized carbons (Fsp3) is 0.0545. The lowest BCUT2D eigenvalue weighted by atomic mass is 9.81. The first-order valence-electron chi connectivity index (χ1n) is 19.6. The van der Waals surface area contributed by atoms with Gasteiger partial charge in [0, 0.05) is 25.6 Å². The fourth-order valence-electron chi connectivity index (χ4n) is 9.99. The van der Waals surface area contributed by atoms with Gasteiger partial charge in [0.2, 0.25) is 0 Å². The van der Waals surface area contributed by atoms with Gasteiger partial charge in [-0.15, -0.1) is 11.3 Å². The highest BCUT2D eigenvalue weighted by molar-refractivity contribution is 7.25. The van der Waals surface area contributed by atoms with Crippen LogP contribution in [0.25, 0.3) is 108 Å². The van der Waals surface area contributed by atoms with Crippen molar-refractivity contribution >= 4 is 74.6 Å².